The summed E-state index contributed by atoms with van der Waals surface area (Å²) < 4.78 is 19.5. The van der Waals surface area contributed by atoms with E-state index in [-0.39, 0.29) is 5.56 Å². The van der Waals surface area contributed by atoms with Crippen molar-refractivity contribution in [2.24, 2.45) is 0 Å². The van der Waals surface area contributed by atoms with Crippen LogP contribution in [0.4, 0.5) is 4.39 Å². The number of esters is 1. The minimum Gasteiger partial charge on any atom is -0.465 e. The standard InChI is InChI=1S/C13H13FN2O2/c1-9-6-15-16(7-9)8-10-3-4-11(14)5-12(10)13(17)18-2/h3-7H,8H2,1-2H3. The first kappa shape index (κ1) is 12.3. The van der Waals surface area contributed by atoms with E-state index in [9.17, 15) is 9.18 Å². The van der Waals surface area contributed by atoms with Crippen LogP contribution in [0.2, 0.25) is 0 Å². The molecule has 2 rings (SSSR count). The molecule has 1 heterocycles. The SMILES string of the molecule is COC(=O)c1cc(F)ccc1Cn1cc(C)cn1. The van der Waals surface area contributed by atoms with Crippen molar-refractivity contribution < 1.29 is 13.9 Å². The number of aryl methyl sites for hydroxylation is 1. The summed E-state index contributed by atoms with van der Waals surface area (Å²) in [7, 11) is 1.27. The van der Waals surface area contributed by atoms with E-state index in [1.165, 1.54) is 19.2 Å². The van der Waals surface area contributed by atoms with Crippen LogP contribution < -0.4 is 0 Å². The van der Waals surface area contributed by atoms with Crippen molar-refractivity contribution in [3.8, 4) is 0 Å². The number of methoxy groups -OCH3 is 1. The second-order valence-corrected chi connectivity index (χ2v) is 4.01. The smallest absolute Gasteiger partial charge is 0.338 e. The summed E-state index contributed by atoms with van der Waals surface area (Å²) in [6.45, 7) is 2.33. The van der Waals surface area contributed by atoms with Gasteiger partial charge in [-0.05, 0) is 30.2 Å². The van der Waals surface area contributed by atoms with Gasteiger partial charge in [0.25, 0.3) is 0 Å². The van der Waals surface area contributed by atoms with Gasteiger partial charge in [0, 0.05) is 6.20 Å². The van der Waals surface area contributed by atoms with Crippen molar-refractivity contribution in [2.75, 3.05) is 7.11 Å². The highest BCUT2D eigenvalue weighted by molar-refractivity contribution is 5.91. The van der Waals surface area contributed by atoms with Crippen molar-refractivity contribution in [3.05, 3.63) is 53.1 Å². The number of hydrogen-bond donors (Lipinski definition) is 0. The third-order valence-electron chi connectivity index (χ3n) is 2.57. The Kier molecular flexibility index (Phi) is 3.41. The number of ether oxygens (including phenoxy) is 1. The molecule has 18 heavy (non-hydrogen) atoms. The molecule has 0 atom stereocenters. The summed E-state index contributed by atoms with van der Waals surface area (Å²) in [5.74, 6) is -1.01. The molecule has 0 spiro atoms. The van der Waals surface area contributed by atoms with Crippen LogP contribution in [0, 0.1) is 12.7 Å². The Bertz CT molecular complexity index is 578. The molecule has 0 aliphatic heterocycles. The highest BCUT2D eigenvalue weighted by Gasteiger charge is 2.13. The predicted molar refractivity (Wildman–Crippen MR) is 63.8 cm³/mol. The van der Waals surface area contributed by atoms with Gasteiger partial charge in [0.2, 0.25) is 0 Å². The lowest BCUT2D eigenvalue weighted by molar-refractivity contribution is 0.0598. The van der Waals surface area contributed by atoms with Gasteiger partial charge in [-0.2, -0.15) is 5.10 Å². The minimum absolute atomic E-state index is 0.227. The summed E-state index contributed by atoms with van der Waals surface area (Å²) in [4.78, 5) is 11.6. The van der Waals surface area contributed by atoms with E-state index in [1.807, 2.05) is 13.1 Å². The molecule has 0 bridgehead atoms. The summed E-state index contributed by atoms with van der Waals surface area (Å²) in [5.41, 5.74) is 1.92. The normalized spacial score (nSPS) is 10.4. The fourth-order valence-corrected chi connectivity index (χ4v) is 1.71. The molecule has 0 amide bonds. The molecule has 0 saturated heterocycles. The van der Waals surface area contributed by atoms with Gasteiger partial charge in [0.1, 0.15) is 5.82 Å². The maximum atomic E-state index is 13.2. The van der Waals surface area contributed by atoms with Crippen molar-refractivity contribution >= 4 is 5.97 Å². The predicted octanol–water partition coefficient (Wildman–Crippen LogP) is 2.17. The zero-order valence-corrected chi connectivity index (χ0v) is 10.2. The molecule has 4 nitrogen and oxygen atoms in total. The average Bonchev–Trinajstić information content (AvgIpc) is 2.76. The number of aromatic nitrogens is 2. The van der Waals surface area contributed by atoms with E-state index in [0.717, 1.165) is 5.56 Å². The van der Waals surface area contributed by atoms with Gasteiger partial charge in [0.05, 0.1) is 25.4 Å². The topological polar surface area (TPSA) is 44.1 Å². The summed E-state index contributed by atoms with van der Waals surface area (Å²) in [6.07, 6.45) is 3.58. The van der Waals surface area contributed by atoms with Crippen LogP contribution in [-0.2, 0) is 11.3 Å². The zero-order valence-electron chi connectivity index (χ0n) is 10.2. The van der Waals surface area contributed by atoms with E-state index in [4.69, 9.17) is 0 Å². The Hall–Kier alpha value is -2.17. The van der Waals surface area contributed by atoms with Crippen molar-refractivity contribution in [1.29, 1.82) is 0 Å². The van der Waals surface area contributed by atoms with Crippen LogP contribution in [0.25, 0.3) is 0 Å². The lowest BCUT2D eigenvalue weighted by Crippen LogP contribution is -2.10. The van der Waals surface area contributed by atoms with Gasteiger partial charge in [-0.1, -0.05) is 6.07 Å². The molecule has 94 valence electrons. The van der Waals surface area contributed by atoms with Gasteiger partial charge in [-0.3, -0.25) is 4.68 Å². The third kappa shape index (κ3) is 2.56. The van der Waals surface area contributed by atoms with Crippen molar-refractivity contribution in [2.45, 2.75) is 13.5 Å². The maximum Gasteiger partial charge on any atom is 0.338 e. The number of halogens is 1. The molecular formula is C13H13FN2O2. The molecular weight excluding hydrogens is 235 g/mol. The molecule has 0 aliphatic rings. The Morgan fingerprint density at radius 3 is 2.89 bits per heavy atom. The highest BCUT2D eigenvalue weighted by atomic mass is 19.1. The van der Waals surface area contributed by atoms with Crippen LogP contribution in [-0.4, -0.2) is 22.9 Å². The minimum atomic E-state index is -0.548. The van der Waals surface area contributed by atoms with Crippen LogP contribution in [0.5, 0.6) is 0 Å². The summed E-state index contributed by atoms with van der Waals surface area (Å²) in [6, 6.07) is 4.06. The molecule has 1 aromatic heterocycles. The maximum absolute atomic E-state index is 13.2. The van der Waals surface area contributed by atoms with Crippen LogP contribution in [0.15, 0.2) is 30.6 Å². The molecule has 0 N–H and O–H groups in total. The first-order valence-electron chi connectivity index (χ1n) is 5.46. The first-order chi connectivity index (χ1) is 8.60. The van der Waals surface area contributed by atoms with Crippen LogP contribution >= 0.6 is 0 Å². The Morgan fingerprint density at radius 1 is 1.50 bits per heavy atom. The Labute approximate surface area is 104 Å². The molecule has 0 radical (unpaired) electrons. The summed E-state index contributed by atoms with van der Waals surface area (Å²) >= 11 is 0. The first-order valence-corrected chi connectivity index (χ1v) is 5.46. The number of carbonyl (C=O) groups is 1. The average molecular weight is 248 g/mol. The largest absolute Gasteiger partial charge is 0.465 e. The molecule has 0 aliphatic carbocycles. The van der Waals surface area contributed by atoms with E-state index in [2.05, 4.69) is 9.84 Å². The van der Waals surface area contributed by atoms with Gasteiger partial charge < -0.3 is 4.74 Å². The quantitative estimate of drug-likeness (QED) is 0.782. The Balaban J connectivity index is 2.35. The van der Waals surface area contributed by atoms with E-state index in [0.29, 0.717) is 12.1 Å². The number of nitrogens with zero attached hydrogens (tertiary/aromatic N) is 2. The van der Waals surface area contributed by atoms with Gasteiger partial charge >= 0.3 is 5.97 Å². The number of rotatable bonds is 3. The molecule has 0 saturated carbocycles. The molecule has 2 aromatic rings. The fraction of sp³-hybridized carbons (Fsp3) is 0.231. The van der Waals surface area contributed by atoms with E-state index < -0.39 is 11.8 Å². The number of carbonyl (C=O) groups excluding carboxylic acids is 1. The van der Waals surface area contributed by atoms with Crippen LogP contribution in [0.1, 0.15) is 21.5 Å². The van der Waals surface area contributed by atoms with E-state index in [1.54, 1.807) is 16.9 Å². The lowest BCUT2D eigenvalue weighted by Gasteiger charge is -2.08. The van der Waals surface area contributed by atoms with Gasteiger partial charge in [-0.15, -0.1) is 0 Å². The zero-order chi connectivity index (χ0) is 13.1. The molecule has 0 unspecified atom stereocenters. The van der Waals surface area contributed by atoms with Gasteiger partial charge in [-0.25, -0.2) is 9.18 Å². The number of benzene rings is 1. The Morgan fingerprint density at radius 2 is 2.28 bits per heavy atom. The highest BCUT2D eigenvalue weighted by Crippen LogP contribution is 2.14. The van der Waals surface area contributed by atoms with Crippen LogP contribution in [0.3, 0.4) is 0 Å². The summed E-state index contributed by atoms with van der Waals surface area (Å²) in [5, 5.41) is 4.13. The second kappa shape index (κ2) is 5.00. The molecule has 1 aromatic carbocycles. The second-order valence-electron chi connectivity index (χ2n) is 4.01. The van der Waals surface area contributed by atoms with E-state index >= 15 is 0 Å². The number of hydrogen-bond acceptors (Lipinski definition) is 3. The van der Waals surface area contributed by atoms with Crippen molar-refractivity contribution in [3.63, 3.8) is 0 Å². The molecule has 0 fully saturated rings. The third-order valence-corrected chi connectivity index (χ3v) is 2.57. The monoisotopic (exact) mass is 248 g/mol. The lowest BCUT2D eigenvalue weighted by atomic mass is 10.1. The fourth-order valence-electron chi connectivity index (χ4n) is 1.71. The molecule has 5 heteroatoms. The van der Waals surface area contributed by atoms with Crippen molar-refractivity contribution in [1.82, 2.24) is 9.78 Å². The van der Waals surface area contributed by atoms with Gasteiger partial charge in [0.15, 0.2) is 0 Å².